The third-order valence-electron chi connectivity index (χ3n) is 3.23. The van der Waals surface area contributed by atoms with Gasteiger partial charge in [0.2, 0.25) is 0 Å². The van der Waals surface area contributed by atoms with Crippen molar-refractivity contribution in [1.29, 1.82) is 0 Å². The second-order valence-electron chi connectivity index (χ2n) is 4.53. The molecule has 19 heavy (non-hydrogen) atoms. The van der Waals surface area contributed by atoms with E-state index in [0.29, 0.717) is 0 Å². The van der Waals surface area contributed by atoms with E-state index in [1.54, 1.807) is 6.92 Å². The summed E-state index contributed by atoms with van der Waals surface area (Å²) in [5.74, 6) is -1.33. The SMILES string of the molecule is C=C(c1ccccc1)c1cccc([C@@H](C)C(=O)O)c1. The summed E-state index contributed by atoms with van der Waals surface area (Å²) in [6, 6.07) is 17.4. The van der Waals surface area contributed by atoms with E-state index in [-0.39, 0.29) is 0 Å². The predicted octanol–water partition coefficient (Wildman–Crippen LogP) is 3.94. The zero-order chi connectivity index (χ0) is 13.8. The van der Waals surface area contributed by atoms with E-state index in [0.717, 1.165) is 22.3 Å². The lowest BCUT2D eigenvalue weighted by Gasteiger charge is -2.11. The summed E-state index contributed by atoms with van der Waals surface area (Å²) in [4.78, 5) is 11.0. The maximum atomic E-state index is 11.0. The van der Waals surface area contributed by atoms with Gasteiger partial charge in [0, 0.05) is 0 Å². The van der Waals surface area contributed by atoms with Crippen LogP contribution in [0.4, 0.5) is 0 Å². The average molecular weight is 252 g/mol. The molecule has 0 aliphatic heterocycles. The molecule has 0 spiro atoms. The fourth-order valence-corrected chi connectivity index (χ4v) is 1.94. The summed E-state index contributed by atoms with van der Waals surface area (Å²) >= 11 is 0. The van der Waals surface area contributed by atoms with Gasteiger partial charge in [-0.15, -0.1) is 0 Å². The van der Waals surface area contributed by atoms with Gasteiger partial charge in [-0.05, 0) is 29.2 Å². The quantitative estimate of drug-likeness (QED) is 0.895. The van der Waals surface area contributed by atoms with Crippen molar-refractivity contribution in [3.8, 4) is 0 Å². The third kappa shape index (κ3) is 2.91. The Hall–Kier alpha value is -2.35. The predicted molar refractivity (Wildman–Crippen MR) is 77.1 cm³/mol. The first-order chi connectivity index (χ1) is 9.09. The number of carboxylic acids is 1. The molecule has 2 nitrogen and oxygen atoms in total. The first-order valence-corrected chi connectivity index (χ1v) is 6.17. The second kappa shape index (κ2) is 5.53. The average Bonchev–Trinajstić information content (AvgIpc) is 2.46. The molecule has 2 rings (SSSR count). The first-order valence-electron chi connectivity index (χ1n) is 6.17. The number of hydrogen-bond acceptors (Lipinski definition) is 1. The molecule has 1 atom stereocenters. The molecule has 0 fully saturated rings. The summed E-state index contributed by atoms with van der Waals surface area (Å²) in [5.41, 5.74) is 3.70. The van der Waals surface area contributed by atoms with Crippen molar-refractivity contribution < 1.29 is 9.90 Å². The van der Waals surface area contributed by atoms with E-state index >= 15 is 0 Å². The highest BCUT2D eigenvalue weighted by Gasteiger charge is 2.14. The fraction of sp³-hybridized carbons (Fsp3) is 0.118. The Kier molecular flexibility index (Phi) is 3.81. The van der Waals surface area contributed by atoms with Gasteiger partial charge in [-0.2, -0.15) is 0 Å². The Labute approximate surface area is 113 Å². The minimum Gasteiger partial charge on any atom is -0.481 e. The van der Waals surface area contributed by atoms with Gasteiger partial charge in [-0.25, -0.2) is 0 Å². The highest BCUT2D eigenvalue weighted by Crippen LogP contribution is 2.24. The van der Waals surface area contributed by atoms with Crippen LogP contribution in [-0.4, -0.2) is 11.1 Å². The van der Waals surface area contributed by atoms with E-state index in [9.17, 15) is 4.79 Å². The van der Waals surface area contributed by atoms with E-state index in [2.05, 4.69) is 6.58 Å². The van der Waals surface area contributed by atoms with Crippen molar-refractivity contribution in [2.75, 3.05) is 0 Å². The summed E-state index contributed by atoms with van der Waals surface area (Å²) in [6.07, 6.45) is 0. The lowest BCUT2D eigenvalue weighted by atomic mass is 9.94. The van der Waals surface area contributed by atoms with Gasteiger partial charge >= 0.3 is 5.97 Å². The second-order valence-corrected chi connectivity index (χ2v) is 4.53. The summed E-state index contributed by atoms with van der Waals surface area (Å²) < 4.78 is 0. The van der Waals surface area contributed by atoms with Crippen molar-refractivity contribution in [3.63, 3.8) is 0 Å². The highest BCUT2D eigenvalue weighted by atomic mass is 16.4. The van der Waals surface area contributed by atoms with Crippen LogP contribution in [0.3, 0.4) is 0 Å². The van der Waals surface area contributed by atoms with Crippen LogP contribution < -0.4 is 0 Å². The number of carbonyl (C=O) groups is 1. The summed E-state index contributed by atoms with van der Waals surface area (Å²) in [6.45, 7) is 5.78. The normalized spacial score (nSPS) is 11.8. The molecule has 0 saturated carbocycles. The molecule has 0 unspecified atom stereocenters. The lowest BCUT2D eigenvalue weighted by Crippen LogP contribution is -2.07. The Morgan fingerprint density at radius 1 is 1.05 bits per heavy atom. The number of hydrogen-bond donors (Lipinski definition) is 1. The minimum atomic E-state index is -0.817. The molecule has 0 heterocycles. The summed E-state index contributed by atoms with van der Waals surface area (Å²) in [5, 5.41) is 9.06. The van der Waals surface area contributed by atoms with Crippen LogP contribution in [0.2, 0.25) is 0 Å². The fourth-order valence-electron chi connectivity index (χ4n) is 1.94. The third-order valence-corrected chi connectivity index (χ3v) is 3.23. The van der Waals surface area contributed by atoms with E-state index < -0.39 is 11.9 Å². The molecule has 2 aromatic carbocycles. The van der Waals surface area contributed by atoms with Crippen molar-refractivity contribution in [2.24, 2.45) is 0 Å². The van der Waals surface area contributed by atoms with Gasteiger partial charge in [0.15, 0.2) is 0 Å². The van der Waals surface area contributed by atoms with Crippen LogP contribution >= 0.6 is 0 Å². The van der Waals surface area contributed by atoms with E-state index in [4.69, 9.17) is 5.11 Å². The van der Waals surface area contributed by atoms with Crippen molar-refractivity contribution in [1.82, 2.24) is 0 Å². The van der Waals surface area contributed by atoms with E-state index in [1.807, 2.05) is 54.6 Å². The molecule has 96 valence electrons. The molecule has 0 aliphatic rings. The lowest BCUT2D eigenvalue weighted by molar-refractivity contribution is -0.138. The van der Waals surface area contributed by atoms with Gasteiger partial charge in [-0.3, -0.25) is 4.79 Å². The molecule has 0 saturated heterocycles. The number of benzene rings is 2. The maximum Gasteiger partial charge on any atom is 0.310 e. The van der Waals surface area contributed by atoms with Crippen LogP contribution in [0.25, 0.3) is 5.57 Å². The molecule has 0 radical (unpaired) electrons. The number of rotatable bonds is 4. The topological polar surface area (TPSA) is 37.3 Å². The smallest absolute Gasteiger partial charge is 0.310 e. The number of aliphatic carboxylic acids is 1. The van der Waals surface area contributed by atoms with Gasteiger partial charge in [0.1, 0.15) is 0 Å². The molecule has 2 heteroatoms. The first kappa shape index (κ1) is 13.1. The van der Waals surface area contributed by atoms with Gasteiger partial charge in [0.05, 0.1) is 5.92 Å². The van der Waals surface area contributed by atoms with Gasteiger partial charge in [-0.1, -0.05) is 61.2 Å². The van der Waals surface area contributed by atoms with Crippen LogP contribution in [0.5, 0.6) is 0 Å². The summed E-state index contributed by atoms with van der Waals surface area (Å²) in [7, 11) is 0. The van der Waals surface area contributed by atoms with Crippen LogP contribution in [0.15, 0.2) is 61.2 Å². The molecule has 0 aliphatic carbocycles. The van der Waals surface area contributed by atoms with Crippen molar-refractivity contribution >= 4 is 11.5 Å². The molecular weight excluding hydrogens is 236 g/mol. The molecule has 0 aromatic heterocycles. The number of carboxylic acid groups (broad SMARTS) is 1. The van der Waals surface area contributed by atoms with Gasteiger partial charge in [0.25, 0.3) is 0 Å². The largest absolute Gasteiger partial charge is 0.481 e. The Morgan fingerprint density at radius 2 is 1.68 bits per heavy atom. The zero-order valence-corrected chi connectivity index (χ0v) is 10.8. The maximum absolute atomic E-state index is 11.0. The van der Waals surface area contributed by atoms with Crippen LogP contribution in [-0.2, 0) is 4.79 Å². The Morgan fingerprint density at radius 3 is 2.32 bits per heavy atom. The Balaban J connectivity index is 2.34. The zero-order valence-electron chi connectivity index (χ0n) is 10.8. The monoisotopic (exact) mass is 252 g/mol. The Bertz CT molecular complexity index is 600. The highest BCUT2D eigenvalue weighted by molar-refractivity contribution is 5.80. The minimum absolute atomic E-state index is 0.511. The molecule has 0 bridgehead atoms. The van der Waals surface area contributed by atoms with Crippen LogP contribution in [0, 0.1) is 0 Å². The van der Waals surface area contributed by atoms with Crippen molar-refractivity contribution in [3.05, 3.63) is 77.9 Å². The molecular formula is C17H16O2. The molecule has 0 amide bonds. The molecule has 2 aromatic rings. The van der Waals surface area contributed by atoms with Crippen LogP contribution in [0.1, 0.15) is 29.5 Å². The standard InChI is InChI=1S/C17H16O2/c1-12(14-7-4-3-5-8-14)15-9-6-10-16(11-15)13(2)17(18)19/h3-11,13H,1H2,2H3,(H,18,19)/t13-/m1/s1. The molecule has 1 N–H and O–H groups in total. The van der Waals surface area contributed by atoms with E-state index in [1.165, 1.54) is 0 Å². The van der Waals surface area contributed by atoms with Gasteiger partial charge < -0.3 is 5.11 Å². The van der Waals surface area contributed by atoms with Crippen molar-refractivity contribution in [2.45, 2.75) is 12.8 Å².